The van der Waals surface area contributed by atoms with Crippen molar-refractivity contribution in [3.8, 4) is 5.75 Å². The van der Waals surface area contributed by atoms with Gasteiger partial charge in [-0.1, -0.05) is 6.92 Å². The van der Waals surface area contributed by atoms with E-state index in [0.717, 1.165) is 11.8 Å². The van der Waals surface area contributed by atoms with Gasteiger partial charge in [0, 0.05) is 12.5 Å². The summed E-state index contributed by atoms with van der Waals surface area (Å²) in [5.74, 6) is 0.0621. The lowest BCUT2D eigenvalue weighted by molar-refractivity contribution is -0.108. The monoisotopic (exact) mass is 274 g/mol. The maximum atomic E-state index is 13.2. The first-order valence-electron chi connectivity index (χ1n) is 4.56. The van der Waals surface area contributed by atoms with Crippen molar-refractivity contribution in [1.29, 1.82) is 0 Å². The van der Waals surface area contributed by atoms with Crippen molar-refractivity contribution in [3.63, 3.8) is 0 Å². The standard InChI is InChI=1S/C11H12BrFO2/c1-7(3-4-14)9-5-8(13)6-10(15-2)11(9)12/h4-7H,3H2,1-2H3. The van der Waals surface area contributed by atoms with Crippen LogP contribution in [0.25, 0.3) is 0 Å². The number of benzene rings is 1. The van der Waals surface area contributed by atoms with Gasteiger partial charge >= 0.3 is 0 Å². The van der Waals surface area contributed by atoms with Gasteiger partial charge in [-0.15, -0.1) is 0 Å². The maximum absolute atomic E-state index is 13.2. The van der Waals surface area contributed by atoms with Gasteiger partial charge in [0.25, 0.3) is 0 Å². The number of carbonyl (C=O) groups is 1. The van der Waals surface area contributed by atoms with Gasteiger partial charge in [-0.05, 0) is 33.5 Å². The van der Waals surface area contributed by atoms with Crippen molar-refractivity contribution in [1.82, 2.24) is 0 Å². The van der Waals surface area contributed by atoms with Crippen LogP contribution >= 0.6 is 15.9 Å². The molecule has 0 saturated carbocycles. The van der Waals surface area contributed by atoms with Gasteiger partial charge in [-0.25, -0.2) is 4.39 Å². The summed E-state index contributed by atoms with van der Waals surface area (Å²) in [4.78, 5) is 10.4. The van der Waals surface area contributed by atoms with Crippen LogP contribution in [0, 0.1) is 5.82 Å². The predicted octanol–water partition coefficient (Wildman–Crippen LogP) is 3.29. The molecule has 0 N–H and O–H groups in total. The summed E-state index contributed by atoms with van der Waals surface area (Å²) in [6, 6.07) is 2.72. The highest BCUT2D eigenvalue weighted by Crippen LogP contribution is 2.35. The van der Waals surface area contributed by atoms with E-state index in [1.807, 2.05) is 6.92 Å². The van der Waals surface area contributed by atoms with Crippen molar-refractivity contribution >= 4 is 22.2 Å². The Morgan fingerprint density at radius 2 is 2.27 bits per heavy atom. The zero-order valence-electron chi connectivity index (χ0n) is 8.59. The SMILES string of the molecule is COc1cc(F)cc(C(C)CC=O)c1Br. The molecule has 0 aliphatic heterocycles. The molecule has 0 aromatic heterocycles. The Morgan fingerprint density at radius 1 is 1.60 bits per heavy atom. The Balaban J connectivity index is 3.16. The van der Waals surface area contributed by atoms with Crippen molar-refractivity contribution in [2.45, 2.75) is 19.3 Å². The van der Waals surface area contributed by atoms with Crippen LogP contribution in [-0.2, 0) is 4.79 Å². The lowest BCUT2D eigenvalue weighted by Crippen LogP contribution is -1.99. The summed E-state index contributed by atoms with van der Waals surface area (Å²) in [6.45, 7) is 1.87. The van der Waals surface area contributed by atoms with Gasteiger partial charge in [0.05, 0.1) is 11.6 Å². The molecule has 0 radical (unpaired) electrons. The third-order valence-corrected chi connectivity index (χ3v) is 3.08. The number of methoxy groups -OCH3 is 1. The molecule has 82 valence electrons. The van der Waals surface area contributed by atoms with E-state index >= 15 is 0 Å². The van der Waals surface area contributed by atoms with Gasteiger partial charge in [0.2, 0.25) is 0 Å². The summed E-state index contributed by atoms with van der Waals surface area (Å²) in [5.41, 5.74) is 0.749. The van der Waals surface area contributed by atoms with Gasteiger partial charge in [-0.2, -0.15) is 0 Å². The maximum Gasteiger partial charge on any atom is 0.136 e. The highest BCUT2D eigenvalue weighted by molar-refractivity contribution is 9.10. The lowest BCUT2D eigenvalue weighted by Gasteiger charge is -2.13. The van der Waals surface area contributed by atoms with E-state index in [9.17, 15) is 9.18 Å². The molecule has 0 saturated heterocycles. The summed E-state index contributed by atoms with van der Waals surface area (Å²) in [6.07, 6.45) is 1.19. The van der Waals surface area contributed by atoms with Crippen LogP contribution in [0.4, 0.5) is 4.39 Å². The zero-order chi connectivity index (χ0) is 11.4. The lowest BCUT2D eigenvalue weighted by atomic mass is 9.98. The molecule has 0 aliphatic rings. The second-order valence-electron chi connectivity index (χ2n) is 3.31. The number of rotatable bonds is 4. The minimum absolute atomic E-state index is 0.0264. The summed E-state index contributed by atoms with van der Waals surface area (Å²) in [5, 5.41) is 0. The van der Waals surface area contributed by atoms with Gasteiger partial charge in [0.1, 0.15) is 17.9 Å². The van der Waals surface area contributed by atoms with E-state index in [1.165, 1.54) is 19.2 Å². The van der Waals surface area contributed by atoms with Crippen molar-refractivity contribution in [3.05, 3.63) is 28.0 Å². The second kappa shape index (κ2) is 5.26. The van der Waals surface area contributed by atoms with E-state index in [0.29, 0.717) is 16.6 Å². The molecule has 2 nitrogen and oxygen atoms in total. The van der Waals surface area contributed by atoms with Gasteiger partial charge in [-0.3, -0.25) is 0 Å². The zero-order valence-corrected chi connectivity index (χ0v) is 10.2. The molecule has 0 spiro atoms. The molecular formula is C11H12BrFO2. The number of aldehydes is 1. The Bertz CT molecular complexity index is 366. The minimum atomic E-state index is -0.359. The van der Waals surface area contributed by atoms with E-state index < -0.39 is 0 Å². The molecule has 4 heteroatoms. The topological polar surface area (TPSA) is 26.3 Å². The fraction of sp³-hybridized carbons (Fsp3) is 0.364. The molecular weight excluding hydrogens is 263 g/mol. The summed E-state index contributed by atoms with van der Waals surface area (Å²) in [7, 11) is 1.48. The van der Waals surface area contributed by atoms with Crippen LogP contribution < -0.4 is 4.74 Å². The van der Waals surface area contributed by atoms with Crippen molar-refractivity contribution < 1.29 is 13.9 Å². The van der Waals surface area contributed by atoms with Crippen LogP contribution in [0.1, 0.15) is 24.8 Å². The van der Waals surface area contributed by atoms with Crippen LogP contribution in [0.15, 0.2) is 16.6 Å². The number of carbonyl (C=O) groups excluding carboxylic acids is 1. The summed E-state index contributed by atoms with van der Waals surface area (Å²) >= 11 is 3.34. The first-order valence-corrected chi connectivity index (χ1v) is 5.36. The minimum Gasteiger partial charge on any atom is -0.495 e. The Kier molecular flexibility index (Phi) is 4.27. The Morgan fingerprint density at radius 3 is 2.80 bits per heavy atom. The smallest absolute Gasteiger partial charge is 0.136 e. The molecule has 0 heterocycles. The average molecular weight is 275 g/mol. The highest BCUT2D eigenvalue weighted by Gasteiger charge is 2.14. The highest BCUT2D eigenvalue weighted by atomic mass is 79.9. The fourth-order valence-corrected chi connectivity index (χ4v) is 2.14. The molecule has 1 aromatic rings. The average Bonchev–Trinajstić information content (AvgIpc) is 2.21. The molecule has 1 atom stereocenters. The van der Waals surface area contributed by atoms with Crippen molar-refractivity contribution in [2.75, 3.05) is 7.11 Å². The van der Waals surface area contributed by atoms with E-state index in [1.54, 1.807) is 0 Å². The first kappa shape index (κ1) is 12.2. The first-order chi connectivity index (χ1) is 7.10. The molecule has 0 fully saturated rings. The van der Waals surface area contributed by atoms with Crippen molar-refractivity contribution in [2.24, 2.45) is 0 Å². The van der Waals surface area contributed by atoms with E-state index in [-0.39, 0.29) is 11.7 Å². The second-order valence-corrected chi connectivity index (χ2v) is 4.11. The van der Waals surface area contributed by atoms with Crippen LogP contribution in [0.2, 0.25) is 0 Å². The normalized spacial score (nSPS) is 12.3. The molecule has 15 heavy (non-hydrogen) atoms. The number of hydrogen-bond acceptors (Lipinski definition) is 2. The molecule has 1 rings (SSSR count). The third kappa shape index (κ3) is 2.78. The molecule has 0 bridgehead atoms. The molecule has 0 aliphatic carbocycles. The molecule has 1 aromatic carbocycles. The largest absolute Gasteiger partial charge is 0.495 e. The van der Waals surface area contributed by atoms with Crippen LogP contribution in [0.3, 0.4) is 0 Å². The number of hydrogen-bond donors (Lipinski definition) is 0. The van der Waals surface area contributed by atoms with Gasteiger partial charge < -0.3 is 9.53 Å². The summed E-state index contributed by atoms with van der Waals surface area (Å²) < 4.78 is 18.9. The predicted molar refractivity (Wildman–Crippen MR) is 59.7 cm³/mol. The van der Waals surface area contributed by atoms with Crippen LogP contribution in [0.5, 0.6) is 5.75 Å². The van der Waals surface area contributed by atoms with Gasteiger partial charge in [0.15, 0.2) is 0 Å². The quantitative estimate of drug-likeness (QED) is 0.788. The molecule has 1 unspecified atom stereocenters. The third-order valence-electron chi connectivity index (χ3n) is 2.23. The Hall–Kier alpha value is -0.900. The fourth-order valence-electron chi connectivity index (χ4n) is 1.36. The number of halogens is 2. The molecule has 0 amide bonds. The van der Waals surface area contributed by atoms with E-state index in [2.05, 4.69) is 15.9 Å². The van der Waals surface area contributed by atoms with E-state index in [4.69, 9.17) is 4.74 Å². The number of ether oxygens (including phenoxy) is 1. The Labute approximate surface area is 96.6 Å². The van der Waals surface area contributed by atoms with Crippen LogP contribution in [-0.4, -0.2) is 13.4 Å².